The molecule has 0 radical (unpaired) electrons. The van der Waals surface area contributed by atoms with Gasteiger partial charge in [0.15, 0.2) is 0 Å². The Hall–Kier alpha value is -0.900. The van der Waals surface area contributed by atoms with Crippen LogP contribution < -0.4 is 5.32 Å². The summed E-state index contributed by atoms with van der Waals surface area (Å²) >= 11 is 0. The Balaban J connectivity index is 2.57. The normalized spacial score (nSPS) is 13.2. The molecule has 1 rings (SSSR count). The molecule has 0 aliphatic carbocycles. The van der Waals surface area contributed by atoms with Gasteiger partial charge in [-0.25, -0.2) is 4.98 Å². The fraction of sp³-hybridized carbons (Fsp3) is 0.778. The molecule has 4 heteroatoms. The molecule has 1 N–H and O–H groups in total. The van der Waals surface area contributed by atoms with Crippen molar-refractivity contribution in [2.75, 3.05) is 6.54 Å². The largest absolute Gasteiger partial charge is 0.314 e. The number of nitrogens with one attached hydrogen (secondary N) is 1. The summed E-state index contributed by atoms with van der Waals surface area (Å²) in [6.07, 6.45) is 0.936. The zero-order chi connectivity index (χ0) is 9.84. The van der Waals surface area contributed by atoms with Crippen LogP contribution in [-0.2, 0) is 13.5 Å². The third-order valence-electron chi connectivity index (χ3n) is 2.00. The number of likely N-dealkylation sites (N-methyl/N-ethyl adjacent to an activating group) is 1. The molecule has 0 saturated heterocycles. The predicted molar refractivity (Wildman–Crippen MR) is 52.6 cm³/mol. The predicted octanol–water partition coefficient (Wildman–Crippen LogP) is 0.664. The van der Waals surface area contributed by atoms with Crippen LogP contribution in [-0.4, -0.2) is 27.4 Å². The summed E-state index contributed by atoms with van der Waals surface area (Å²) in [6, 6.07) is 0.465. The minimum Gasteiger partial charge on any atom is -0.314 e. The number of rotatable bonds is 4. The quantitative estimate of drug-likeness (QED) is 0.744. The first-order valence-electron chi connectivity index (χ1n) is 4.73. The van der Waals surface area contributed by atoms with Gasteiger partial charge in [-0.3, -0.25) is 4.68 Å². The molecule has 0 bridgehead atoms. The molecule has 13 heavy (non-hydrogen) atoms. The van der Waals surface area contributed by atoms with Gasteiger partial charge in [0.05, 0.1) is 0 Å². The number of aromatic nitrogens is 3. The van der Waals surface area contributed by atoms with Crippen LogP contribution in [0.4, 0.5) is 0 Å². The topological polar surface area (TPSA) is 42.7 Å². The first-order valence-corrected chi connectivity index (χ1v) is 4.73. The maximum absolute atomic E-state index is 4.34. The van der Waals surface area contributed by atoms with Gasteiger partial charge in [-0.15, -0.1) is 0 Å². The fourth-order valence-electron chi connectivity index (χ4n) is 1.43. The molecular formula is C9H18N4. The van der Waals surface area contributed by atoms with Crippen molar-refractivity contribution in [3.05, 3.63) is 11.6 Å². The van der Waals surface area contributed by atoms with E-state index in [2.05, 4.69) is 29.2 Å². The third kappa shape index (κ3) is 2.81. The first-order chi connectivity index (χ1) is 6.13. The molecule has 0 amide bonds. The molecule has 4 nitrogen and oxygen atoms in total. The van der Waals surface area contributed by atoms with Crippen LogP contribution in [0.3, 0.4) is 0 Å². The lowest BCUT2D eigenvalue weighted by molar-refractivity contribution is 0.536. The van der Waals surface area contributed by atoms with Crippen molar-refractivity contribution in [1.29, 1.82) is 0 Å². The summed E-state index contributed by atoms with van der Waals surface area (Å²) in [7, 11) is 1.94. The van der Waals surface area contributed by atoms with E-state index in [0.29, 0.717) is 6.04 Å². The second-order valence-corrected chi connectivity index (χ2v) is 3.36. The monoisotopic (exact) mass is 182 g/mol. The zero-order valence-corrected chi connectivity index (χ0v) is 8.83. The van der Waals surface area contributed by atoms with Crippen LogP contribution >= 0.6 is 0 Å². The molecule has 0 aromatic carbocycles. The van der Waals surface area contributed by atoms with Gasteiger partial charge in [-0.1, -0.05) is 6.92 Å². The van der Waals surface area contributed by atoms with E-state index in [9.17, 15) is 0 Å². The molecule has 0 aliphatic heterocycles. The number of hydrogen-bond acceptors (Lipinski definition) is 3. The Kier molecular flexibility index (Phi) is 3.42. The average molecular weight is 182 g/mol. The van der Waals surface area contributed by atoms with Crippen LogP contribution in [0.25, 0.3) is 0 Å². The smallest absolute Gasteiger partial charge is 0.147 e. The van der Waals surface area contributed by atoms with Gasteiger partial charge in [0.2, 0.25) is 0 Å². The van der Waals surface area contributed by atoms with Gasteiger partial charge >= 0.3 is 0 Å². The van der Waals surface area contributed by atoms with Crippen LogP contribution in [0.15, 0.2) is 0 Å². The molecule has 0 saturated carbocycles. The van der Waals surface area contributed by atoms with Crippen LogP contribution in [0, 0.1) is 6.92 Å². The van der Waals surface area contributed by atoms with Gasteiger partial charge in [0.1, 0.15) is 11.6 Å². The van der Waals surface area contributed by atoms with E-state index in [4.69, 9.17) is 0 Å². The van der Waals surface area contributed by atoms with Gasteiger partial charge < -0.3 is 5.32 Å². The highest BCUT2D eigenvalue weighted by Gasteiger charge is 2.07. The summed E-state index contributed by atoms with van der Waals surface area (Å²) in [5.41, 5.74) is 0. The average Bonchev–Trinajstić information content (AvgIpc) is 2.30. The van der Waals surface area contributed by atoms with Gasteiger partial charge in [-0.2, -0.15) is 5.10 Å². The van der Waals surface area contributed by atoms with E-state index in [1.165, 1.54) is 0 Å². The highest BCUT2D eigenvalue weighted by atomic mass is 15.3. The SMILES string of the molecule is CCNC(C)Cc1nc(C)nn1C. The van der Waals surface area contributed by atoms with Crippen molar-refractivity contribution in [2.24, 2.45) is 7.05 Å². The fourth-order valence-corrected chi connectivity index (χ4v) is 1.43. The number of nitrogens with zero attached hydrogens (tertiary/aromatic N) is 3. The summed E-state index contributed by atoms with van der Waals surface area (Å²) in [4.78, 5) is 4.34. The highest BCUT2D eigenvalue weighted by Crippen LogP contribution is 1.99. The van der Waals surface area contributed by atoms with Crippen LogP contribution in [0.5, 0.6) is 0 Å². The Morgan fingerprint density at radius 3 is 2.69 bits per heavy atom. The molecule has 74 valence electrons. The van der Waals surface area contributed by atoms with Crippen molar-refractivity contribution in [3.63, 3.8) is 0 Å². The molecule has 1 unspecified atom stereocenters. The Morgan fingerprint density at radius 2 is 2.23 bits per heavy atom. The lowest BCUT2D eigenvalue weighted by Crippen LogP contribution is -2.28. The highest BCUT2D eigenvalue weighted by molar-refractivity contribution is 4.92. The maximum atomic E-state index is 4.34. The molecule has 1 aromatic heterocycles. The third-order valence-corrected chi connectivity index (χ3v) is 2.00. The number of aryl methyl sites for hydroxylation is 2. The lowest BCUT2D eigenvalue weighted by atomic mass is 10.2. The molecule has 1 aromatic rings. The van der Waals surface area contributed by atoms with Gasteiger partial charge in [-0.05, 0) is 20.4 Å². The summed E-state index contributed by atoms with van der Waals surface area (Å²) in [5.74, 6) is 1.90. The lowest BCUT2D eigenvalue weighted by Gasteiger charge is -2.10. The van der Waals surface area contributed by atoms with E-state index >= 15 is 0 Å². The molecule has 1 heterocycles. The second kappa shape index (κ2) is 4.37. The van der Waals surface area contributed by atoms with E-state index in [-0.39, 0.29) is 0 Å². The Labute approximate surface area is 79.4 Å². The summed E-state index contributed by atoms with van der Waals surface area (Å²) in [6.45, 7) is 7.19. The second-order valence-electron chi connectivity index (χ2n) is 3.36. The van der Waals surface area contributed by atoms with Crippen molar-refractivity contribution in [2.45, 2.75) is 33.2 Å². The molecule has 0 fully saturated rings. The van der Waals surface area contributed by atoms with Crippen LogP contribution in [0.2, 0.25) is 0 Å². The molecule has 1 atom stereocenters. The minimum atomic E-state index is 0.465. The van der Waals surface area contributed by atoms with E-state index in [0.717, 1.165) is 24.6 Å². The molecule has 0 spiro atoms. The summed E-state index contributed by atoms with van der Waals surface area (Å²) in [5, 5.41) is 7.55. The van der Waals surface area contributed by atoms with Crippen molar-refractivity contribution < 1.29 is 0 Å². The van der Waals surface area contributed by atoms with Crippen molar-refractivity contribution in [3.8, 4) is 0 Å². The number of hydrogen-bond donors (Lipinski definition) is 1. The minimum absolute atomic E-state index is 0.465. The standard InChI is InChI=1S/C9H18N4/c1-5-10-7(2)6-9-11-8(3)12-13(9)4/h7,10H,5-6H2,1-4H3. The Bertz CT molecular complexity index is 267. The van der Waals surface area contributed by atoms with Crippen molar-refractivity contribution in [1.82, 2.24) is 20.1 Å². The van der Waals surface area contributed by atoms with E-state index in [1.54, 1.807) is 0 Å². The summed E-state index contributed by atoms with van der Waals surface area (Å²) < 4.78 is 1.85. The van der Waals surface area contributed by atoms with E-state index in [1.807, 2.05) is 18.7 Å². The van der Waals surface area contributed by atoms with Crippen molar-refractivity contribution >= 4 is 0 Å². The van der Waals surface area contributed by atoms with Gasteiger partial charge in [0, 0.05) is 19.5 Å². The first kappa shape index (κ1) is 10.2. The molecule has 0 aliphatic rings. The van der Waals surface area contributed by atoms with E-state index < -0.39 is 0 Å². The zero-order valence-electron chi connectivity index (χ0n) is 8.83. The van der Waals surface area contributed by atoms with Gasteiger partial charge in [0.25, 0.3) is 0 Å². The van der Waals surface area contributed by atoms with Crippen LogP contribution in [0.1, 0.15) is 25.5 Å². The molecular weight excluding hydrogens is 164 g/mol. The Morgan fingerprint density at radius 1 is 1.54 bits per heavy atom. The maximum Gasteiger partial charge on any atom is 0.147 e.